The van der Waals surface area contributed by atoms with Crippen molar-refractivity contribution in [3.05, 3.63) is 64.5 Å². The van der Waals surface area contributed by atoms with Crippen LogP contribution in [0.2, 0.25) is 0 Å². The van der Waals surface area contributed by atoms with E-state index < -0.39 is 0 Å². The molecule has 1 aromatic heterocycles. The van der Waals surface area contributed by atoms with Gasteiger partial charge in [-0.1, -0.05) is 18.2 Å². The number of aromatic nitrogens is 1. The van der Waals surface area contributed by atoms with Gasteiger partial charge < -0.3 is 5.32 Å². The lowest BCUT2D eigenvalue weighted by Crippen LogP contribution is -2.21. The van der Waals surface area contributed by atoms with E-state index in [4.69, 9.17) is 0 Å². The van der Waals surface area contributed by atoms with Crippen LogP contribution in [0.5, 0.6) is 0 Å². The first kappa shape index (κ1) is 13.8. The second-order valence-electron chi connectivity index (χ2n) is 5.15. The summed E-state index contributed by atoms with van der Waals surface area (Å²) in [6, 6.07) is 8.88. The predicted octanol–water partition coefficient (Wildman–Crippen LogP) is 3.51. The smallest absolute Gasteiger partial charge is 0.0376 e. The minimum absolute atomic E-state index is 0.313. The molecule has 0 saturated carbocycles. The van der Waals surface area contributed by atoms with Crippen molar-refractivity contribution in [1.29, 1.82) is 0 Å². The van der Waals surface area contributed by atoms with E-state index in [9.17, 15) is 0 Å². The first-order valence-electron chi connectivity index (χ1n) is 6.76. The summed E-state index contributed by atoms with van der Waals surface area (Å²) in [5.74, 6) is 0. The molecule has 0 saturated heterocycles. The van der Waals surface area contributed by atoms with E-state index >= 15 is 0 Å². The normalized spacial score (nSPS) is 12.4. The summed E-state index contributed by atoms with van der Waals surface area (Å²) in [4.78, 5) is 4.26. The quantitative estimate of drug-likeness (QED) is 0.903. The number of hydrogen-bond donors (Lipinski definition) is 1. The van der Waals surface area contributed by atoms with Gasteiger partial charge in [-0.3, -0.25) is 4.98 Å². The molecule has 2 rings (SSSR count). The molecule has 0 aliphatic rings. The zero-order valence-electron chi connectivity index (χ0n) is 12.2. The molecule has 1 aromatic carbocycles. The Labute approximate surface area is 115 Å². The summed E-state index contributed by atoms with van der Waals surface area (Å²) in [6.07, 6.45) is 4.83. The molecule has 1 N–H and O–H groups in total. The van der Waals surface area contributed by atoms with Gasteiger partial charge in [0.1, 0.15) is 0 Å². The summed E-state index contributed by atoms with van der Waals surface area (Å²) in [6.45, 7) is 6.52. The second-order valence-corrected chi connectivity index (χ2v) is 5.15. The maximum atomic E-state index is 4.26. The average Bonchev–Trinajstić information content (AvgIpc) is 2.40. The minimum Gasteiger partial charge on any atom is -0.313 e. The van der Waals surface area contributed by atoms with Crippen LogP contribution in [0.4, 0.5) is 0 Å². The maximum Gasteiger partial charge on any atom is 0.0376 e. The van der Waals surface area contributed by atoms with E-state index in [0.29, 0.717) is 6.04 Å². The van der Waals surface area contributed by atoms with E-state index in [0.717, 1.165) is 6.42 Å². The molecule has 0 bridgehead atoms. The Balaban J connectivity index is 2.32. The monoisotopic (exact) mass is 254 g/mol. The largest absolute Gasteiger partial charge is 0.313 e. The highest BCUT2D eigenvalue weighted by molar-refractivity contribution is 5.36. The van der Waals surface area contributed by atoms with Gasteiger partial charge in [0, 0.05) is 18.4 Å². The molecule has 2 aromatic rings. The number of benzene rings is 1. The van der Waals surface area contributed by atoms with Crippen LogP contribution in [-0.4, -0.2) is 12.0 Å². The molecular weight excluding hydrogens is 232 g/mol. The zero-order valence-corrected chi connectivity index (χ0v) is 12.2. The lowest BCUT2D eigenvalue weighted by Gasteiger charge is -2.20. The van der Waals surface area contributed by atoms with Crippen LogP contribution in [0.25, 0.3) is 0 Å². The Morgan fingerprint density at radius 1 is 1.05 bits per heavy atom. The van der Waals surface area contributed by atoms with Gasteiger partial charge in [0.05, 0.1) is 0 Å². The highest BCUT2D eigenvalue weighted by Gasteiger charge is 2.14. The highest BCUT2D eigenvalue weighted by Crippen LogP contribution is 2.24. The van der Waals surface area contributed by atoms with Gasteiger partial charge in [0.25, 0.3) is 0 Å². The molecular formula is C17H22N2. The summed E-state index contributed by atoms with van der Waals surface area (Å²) < 4.78 is 0. The van der Waals surface area contributed by atoms with Gasteiger partial charge in [-0.25, -0.2) is 0 Å². The number of pyridine rings is 1. The molecule has 0 radical (unpaired) electrons. The molecule has 2 heteroatoms. The molecule has 2 nitrogen and oxygen atoms in total. The molecule has 0 spiro atoms. The van der Waals surface area contributed by atoms with Crippen molar-refractivity contribution < 1.29 is 0 Å². The van der Waals surface area contributed by atoms with E-state index in [2.05, 4.69) is 55.3 Å². The summed E-state index contributed by atoms with van der Waals surface area (Å²) >= 11 is 0. The number of likely N-dealkylation sites (N-methyl/N-ethyl adjacent to an activating group) is 1. The number of aryl methyl sites for hydroxylation is 3. The maximum absolute atomic E-state index is 4.26. The molecule has 0 aliphatic heterocycles. The van der Waals surface area contributed by atoms with Gasteiger partial charge in [0.2, 0.25) is 0 Å². The molecule has 19 heavy (non-hydrogen) atoms. The lowest BCUT2D eigenvalue weighted by molar-refractivity contribution is 0.584. The SMILES string of the molecule is CNC(Cc1c(C)cccc1C)c1cnccc1C. The third-order valence-corrected chi connectivity index (χ3v) is 3.86. The van der Waals surface area contributed by atoms with Crippen molar-refractivity contribution in [2.24, 2.45) is 0 Å². The third kappa shape index (κ3) is 3.02. The van der Waals surface area contributed by atoms with E-state index in [1.165, 1.54) is 27.8 Å². The van der Waals surface area contributed by atoms with E-state index in [-0.39, 0.29) is 0 Å². The Morgan fingerprint density at radius 3 is 2.32 bits per heavy atom. The standard InChI is InChI=1S/C17H22N2/c1-12-6-5-7-13(2)15(12)10-17(18-4)16-11-19-9-8-14(16)3/h5-9,11,17-18H,10H2,1-4H3. The predicted molar refractivity (Wildman–Crippen MR) is 80.4 cm³/mol. The van der Waals surface area contributed by atoms with Crippen molar-refractivity contribution in [2.75, 3.05) is 7.05 Å². The Hall–Kier alpha value is -1.67. The number of hydrogen-bond acceptors (Lipinski definition) is 2. The number of nitrogens with zero attached hydrogens (tertiary/aromatic N) is 1. The van der Waals surface area contributed by atoms with Crippen molar-refractivity contribution in [2.45, 2.75) is 33.2 Å². The van der Waals surface area contributed by atoms with Crippen LogP contribution in [-0.2, 0) is 6.42 Å². The van der Waals surface area contributed by atoms with Gasteiger partial charge in [-0.05, 0) is 68.1 Å². The first-order chi connectivity index (χ1) is 9.13. The van der Waals surface area contributed by atoms with Crippen molar-refractivity contribution in [1.82, 2.24) is 10.3 Å². The highest BCUT2D eigenvalue weighted by atomic mass is 14.9. The third-order valence-electron chi connectivity index (χ3n) is 3.86. The Kier molecular flexibility index (Phi) is 4.33. The minimum atomic E-state index is 0.313. The van der Waals surface area contributed by atoms with Crippen LogP contribution >= 0.6 is 0 Å². The molecule has 1 heterocycles. The molecule has 0 aliphatic carbocycles. The Bertz CT molecular complexity index is 541. The van der Waals surface area contributed by atoms with Gasteiger partial charge in [-0.15, -0.1) is 0 Å². The molecule has 0 amide bonds. The number of nitrogens with one attached hydrogen (secondary N) is 1. The average molecular weight is 254 g/mol. The van der Waals surface area contributed by atoms with Crippen LogP contribution in [0.15, 0.2) is 36.7 Å². The van der Waals surface area contributed by atoms with Crippen LogP contribution in [0.3, 0.4) is 0 Å². The van der Waals surface area contributed by atoms with Gasteiger partial charge in [0.15, 0.2) is 0 Å². The fourth-order valence-corrected chi connectivity index (χ4v) is 2.58. The summed E-state index contributed by atoms with van der Waals surface area (Å²) in [5.41, 5.74) is 6.74. The molecule has 1 atom stereocenters. The van der Waals surface area contributed by atoms with Crippen LogP contribution < -0.4 is 5.32 Å². The van der Waals surface area contributed by atoms with E-state index in [1.54, 1.807) is 0 Å². The summed E-state index contributed by atoms with van der Waals surface area (Å²) in [5, 5.41) is 3.42. The molecule has 0 fully saturated rings. The van der Waals surface area contributed by atoms with Crippen molar-refractivity contribution in [3.63, 3.8) is 0 Å². The van der Waals surface area contributed by atoms with Crippen molar-refractivity contribution in [3.8, 4) is 0 Å². The lowest BCUT2D eigenvalue weighted by atomic mass is 9.92. The molecule has 1 unspecified atom stereocenters. The summed E-state index contributed by atoms with van der Waals surface area (Å²) in [7, 11) is 2.02. The first-order valence-corrected chi connectivity index (χ1v) is 6.76. The van der Waals surface area contributed by atoms with Crippen LogP contribution in [0, 0.1) is 20.8 Å². The number of rotatable bonds is 4. The zero-order chi connectivity index (χ0) is 13.8. The van der Waals surface area contributed by atoms with Gasteiger partial charge in [-0.2, -0.15) is 0 Å². The fraction of sp³-hybridized carbons (Fsp3) is 0.353. The topological polar surface area (TPSA) is 24.9 Å². The Morgan fingerprint density at radius 2 is 1.74 bits per heavy atom. The van der Waals surface area contributed by atoms with E-state index in [1.807, 2.05) is 19.4 Å². The fourth-order valence-electron chi connectivity index (χ4n) is 2.58. The van der Waals surface area contributed by atoms with Crippen LogP contribution in [0.1, 0.15) is 33.9 Å². The second kappa shape index (κ2) is 5.98. The van der Waals surface area contributed by atoms with Crippen molar-refractivity contribution >= 4 is 0 Å². The van der Waals surface area contributed by atoms with Gasteiger partial charge >= 0.3 is 0 Å². The molecule has 100 valence electrons.